The number of hydrogen-bond acceptors (Lipinski definition) is 5. The van der Waals surface area contributed by atoms with Crippen LogP contribution in [0.3, 0.4) is 0 Å². The molecule has 2 aliphatic heterocycles. The van der Waals surface area contributed by atoms with Crippen LogP contribution >= 0.6 is 0 Å². The monoisotopic (exact) mass is 419 g/mol. The number of amides is 3. The molecule has 3 rings (SSSR count). The van der Waals surface area contributed by atoms with E-state index in [0.29, 0.717) is 18.8 Å². The van der Waals surface area contributed by atoms with E-state index in [2.05, 4.69) is 5.32 Å². The van der Waals surface area contributed by atoms with Crippen molar-refractivity contribution in [1.29, 1.82) is 0 Å². The summed E-state index contributed by atoms with van der Waals surface area (Å²) in [5, 5.41) is 12.7. The van der Waals surface area contributed by atoms with E-state index in [1.165, 1.54) is 12.0 Å². The number of hydrogen-bond donors (Lipinski definition) is 2. The highest BCUT2D eigenvalue weighted by molar-refractivity contribution is 6.01. The second kappa shape index (κ2) is 8.23. The highest BCUT2D eigenvalue weighted by Crippen LogP contribution is 2.45. The number of nitrogens with zero attached hydrogens (tertiary/aromatic N) is 2. The standard InChI is InChI=1S/C21H29N3O6/c1-20(2,3)21(11-16(29-4)12-24(21)19(27)28)18(26)22-14-5-7-15(8-6-14)23-9-10-30-13-17(23)25/h5-8,16H,9-13H2,1-4H3,(H,22,26)(H,27,28)/t16-,21+/m1/s1. The van der Waals surface area contributed by atoms with Crippen LogP contribution in [0.5, 0.6) is 0 Å². The summed E-state index contributed by atoms with van der Waals surface area (Å²) in [5.41, 5.74) is -0.694. The smallest absolute Gasteiger partial charge is 0.408 e. The van der Waals surface area contributed by atoms with Gasteiger partial charge in [0.25, 0.3) is 11.8 Å². The summed E-state index contributed by atoms with van der Waals surface area (Å²) >= 11 is 0. The van der Waals surface area contributed by atoms with Gasteiger partial charge in [0.05, 0.1) is 19.3 Å². The number of benzene rings is 1. The molecule has 0 radical (unpaired) electrons. The van der Waals surface area contributed by atoms with Crippen LogP contribution in [0.1, 0.15) is 27.2 Å². The minimum atomic E-state index is -1.28. The number of nitrogens with one attached hydrogen (secondary N) is 1. The first-order valence-corrected chi connectivity index (χ1v) is 9.93. The minimum absolute atomic E-state index is 0.0538. The summed E-state index contributed by atoms with van der Waals surface area (Å²) in [7, 11) is 1.52. The number of carboxylic acid groups (broad SMARTS) is 1. The fraction of sp³-hybridized carbons (Fsp3) is 0.571. The van der Waals surface area contributed by atoms with Gasteiger partial charge < -0.3 is 24.8 Å². The van der Waals surface area contributed by atoms with Crippen molar-refractivity contribution < 1.29 is 29.0 Å². The van der Waals surface area contributed by atoms with Crippen molar-refractivity contribution in [2.75, 3.05) is 43.6 Å². The van der Waals surface area contributed by atoms with Gasteiger partial charge in [-0.15, -0.1) is 0 Å². The first-order chi connectivity index (χ1) is 14.1. The lowest BCUT2D eigenvalue weighted by atomic mass is 9.70. The summed E-state index contributed by atoms with van der Waals surface area (Å²) in [4.78, 5) is 40.3. The number of ether oxygens (including phenoxy) is 2. The zero-order valence-electron chi connectivity index (χ0n) is 17.8. The Morgan fingerprint density at radius 3 is 2.47 bits per heavy atom. The normalized spacial score (nSPS) is 24.8. The summed E-state index contributed by atoms with van der Waals surface area (Å²) < 4.78 is 10.5. The van der Waals surface area contributed by atoms with Gasteiger partial charge in [-0.3, -0.25) is 14.5 Å². The van der Waals surface area contributed by atoms with Crippen LogP contribution in [-0.4, -0.2) is 73.0 Å². The number of carbonyl (C=O) groups excluding carboxylic acids is 2. The lowest BCUT2D eigenvalue weighted by molar-refractivity contribution is -0.132. The van der Waals surface area contributed by atoms with Gasteiger partial charge in [0.1, 0.15) is 12.1 Å². The maximum atomic E-state index is 13.4. The molecule has 0 saturated carbocycles. The molecule has 2 atom stereocenters. The molecular weight excluding hydrogens is 390 g/mol. The highest BCUT2D eigenvalue weighted by Gasteiger charge is 2.60. The molecule has 0 spiro atoms. The fourth-order valence-corrected chi connectivity index (χ4v) is 4.28. The third kappa shape index (κ3) is 3.87. The van der Waals surface area contributed by atoms with Crippen LogP contribution in [0, 0.1) is 5.41 Å². The molecule has 3 amide bonds. The molecule has 9 heteroatoms. The molecule has 2 heterocycles. The summed E-state index contributed by atoms with van der Waals surface area (Å²) in [6.45, 7) is 6.70. The summed E-state index contributed by atoms with van der Waals surface area (Å²) in [6, 6.07) is 6.93. The molecule has 9 nitrogen and oxygen atoms in total. The Balaban J connectivity index is 1.84. The van der Waals surface area contributed by atoms with Gasteiger partial charge in [-0.25, -0.2) is 4.79 Å². The Kier molecular flexibility index (Phi) is 6.05. The number of rotatable bonds is 4. The van der Waals surface area contributed by atoms with Gasteiger partial charge in [0.15, 0.2) is 0 Å². The van der Waals surface area contributed by atoms with Crippen molar-refractivity contribution in [3.8, 4) is 0 Å². The van der Waals surface area contributed by atoms with Crippen molar-refractivity contribution in [2.24, 2.45) is 5.41 Å². The maximum Gasteiger partial charge on any atom is 0.408 e. The molecule has 0 aliphatic carbocycles. The minimum Gasteiger partial charge on any atom is -0.465 e. The van der Waals surface area contributed by atoms with Crippen LogP contribution in [0.2, 0.25) is 0 Å². The van der Waals surface area contributed by atoms with Crippen LogP contribution < -0.4 is 10.2 Å². The Bertz CT molecular complexity index is 819. The van der Waals surface area contributed by atoms with Crippen LogP contribution in [0.4, 0.5) is 16.2 Å². The first kappa shape index (κ1) is 22.0. The third-order valence-corrected chi connectivity index (χ3v) is 5.97. The van der Waals surface area contributed by atoms with E-state index in [9.17, 15) is 19.5 Å². The van der Waals surface area contributed by atoms with Gasteiger partial charge in [-0.1, -0.05) is 20.8 Å². The largest absolute Gasteiger partial charge is 0.465 e. The molecule has 2 N–H and O–H groups in total. The van der Waals surface area contributed by atoms with Crippen molar-refractivity contribution in [1.82, 2.24) is 4.90 Å². The lowest BCUT2D eigenvalue weighted by Crippen LogP contribution is -2.62. The van der Waals surface area contributed by atoms with Gasteiger partial charge in [0.2, 0.25) is 0 Å². The molecule has 2 fully saturated rings. The number of carbonyl (C=O) groups is 3. The number of likely N-dealkylation sites (tertiary alicyclic amines) is 1. The zero-order valence-corrected chi connectivity index (χ0v) is 17.8. The third-order valence-electron chi connectivity index (χ3n) is 5.97. The van der Waals surface area contributed by atoms with Crippen molar-refractivity contribution in [3.05, 3.63) is 24.3 Å². The van der Waals surface area contributed by atoms with Gasteiger partial charge in [0, 0.05) is 31.5 Å². The topological polar surface area (TPSA) is 108 Å². The van der Waals surface area contributed by atoms with Gasteiger partial charge >= 0.3 is 6.09 Å². The molecule has 1 aromatic rings. The Morgan fingerprint density at radius 2 is 1.93 bits per heavy atom. The Labute approximate surface area is 175 Å². The van der Waals surface area contributed by atoms with Crippen molar-refractivity contribution in [3.63, 3.8) is 0 Å². The molecule has 164 valence electrons. The average Bonchev–Trinajstić information content (AvgIpc) is 3.11. The quantitative estimate of drug-likeness (QED) is 0.774. The number of anilines is 2. The lowest BCUT2D eigenvalue weighted by Gasteiger charge is -2.45. The fourth-order valence-electron chi connectivity index (χ4n) is 4.28. The van der Waals surface area contributed by atoms with E-state index in [0.717, 1.165) is 5.69 Å². The van der Waals surface area contributed by atoms with E-state index in [1.54, 1.807) is 29.2 Å². The molecule has 30 heavy (non-hydrogen) atoms. The van der Waals surface area contributed by atoms with Crippen LogP contribution in [0.15, 0.2) is 24.3 Å². The Hall–Kier alpha value is -2.65. The predicted molar refractivity (Wildman–Crippen MR) is 111 cm³/mol. The number of morpholine rings is 1. The van der Waals surface area contributed by atoms with E-state index in [4.69, 9.17) is 9.47 Å². The van der Waals surface area contributed by atoms with E-state index < -0.39 is 23.0 Å². The van der Waals surface area contributed by atoms with E-state index in [-0.39, 0.29) is 31.6 Å². The molecule has 1 aromatic carbocycles. The summed E-state index contributed by atoms with van der Waals surface area (Å²) in [6.07, 6.45) is -1.24. The molecule has 0 aromatic heterocycles. The second-order valence-corrected chi connectivity index (χ2v) is 8.66. The Morgan fingerprint density at radius 1 is 1.27 bits per heavy atom. The second-order valence-electron chi connectivity index (χ2n) is 8.66. The molecule has 0 bridgehead atoms. The predicted octanol–water partition coefficient (Wildman–Crippen LogP) is 2.17. The molecule has 0 unspecified atom stereocenters. The van der Waals surface area contributed by atoms with Gasteiger partial charge in [-0.2, -0.15) is 0 Å². The SMILES string of the molecule is CO[C@H]1CN(C(=O)O)[C@@](C(=O)Nc2ccc(N3CCOCC3=O)cc2)(C(C)(C)C)C1. The zero-order chi connectivity index (χ0) is 22.1. The van der Waals surface area contributed by atoms with E-state index in [1.807, 2.05) is 20.8 Å². The van der Waals surface area contributed by atoms with E-state index >= 15 is 0 Å². The molecule has 2 saturated heterocycles. The molecule has 2 aliphatic rings. The van der Waals surface area contributed by atoms with Crippen molar-refractivity contribution in [2.45, 2.75) is 38.8 Å². The molecular formula is C21H29N3O6. The number of methoxy groups -OCH3 is 1. The van der Waals surface area contributed by atoms with Gasteiger partial charge in [-0.05, 0) is 29.7 Å². The highest BCUT2D eigenvalue weighted by atomic mass is 16.5. The summed E-state index contributed by atoms with van der Waals surface area (Å²) in [5.74, 6) is -0.509. The van der Waals surface area contributed by atoms with Crippen molar-refractivity contribution >= 4 is 29.3 Å². The maximum absolute atomic E-state index is 13.4. The van der Waals surface area contributed by atoms with Crippen LogP contribution in [0.25, 0.3) is 0 Å². The average molecular weight is 419 g/mol. The first-order valence-electron chi connectivity index (χ1n) is 9.93. The van der Waals surface area contributed by atoms with Crippen LogP contribution in [-0.2, 0) is 19.1 Å².